The van der Waals surface area contributed by atoms with Crippen molar-refractivity contribution in [2.24, 2.45) is 0 Å². The first-order valence-corrected chi connectivity index (χ1v) is 6.67. The summed E-state index contributed by atoms with van der Waals surface area (Å²) in [6, 6.07) is -1.89. The molecule has 0 radical (unpaired) electrons. The van der Waals surface area contributed by atoms with E-state index in [4.69, 9.17) is 0 Å². The molecule has 23 heavy (non-hydrogen) atoms. The normalized spacial score (nSPS) is 12.3. The fourth-order valence-electron chi connectivity index (χ4n) is 1.47. The molecule has 0 aromatic carbocycles. The molecule has 2 atom stereocenters. The summed E-state index contributed by atoms with van der Waals surface area (Å²) in [5.41, 5.74) is 0. The van der Waals surface area contributed by atoms with Gasteiger partial charge in [-0.25, -0.2) is 9.59 Å². The zero-order valence-electron chi connectivity index (χ0n) is 13.5. The highest BCUT2D eigenvalue weighted by Crippen LogP contribution is 1.97. The van der Waals surface area contributed by atoms with Gasteiger partial charge in [0.25, 0.3) is 0 Å². The van der Waals surface area contributed by atoms with Crippen LogP contribution in [0.15, 0.2) is 12.2 Å². The Morgan fingerprint density at radius 1 is 1.00 bits per heavy atom. The second-order valence-electron chi connectivity index (χ2n) is 4.36. The van der Waals surface area contributed by atoms with Crippen molar-refractivity contribution in [2.75, 3.05) is 14.2 Å². The van der Waals surface area contributed by atoms with Gasteiger partial charge >= 0.3 is 11.9 Å². The van der Waals surface area contributed by atoms with Crippen molar-refractivity contribution >= 4 is 23.8 Å². The molecule has 8 nitrogen and oxygen atoms in total. The molecule has 126 valence electrons. The second-order valence-corrected chi connectivity index (χ2v) is 4.36. The predicted molar refractivity (Wildman–Crippen MR) is 80.8 cm³/mol. The standard InChI is InChI=1S/C15H20N2O6/c1-10(18)16-12(14(20)22-3)8-6-5-7-9-13(15(21)23-4)17-11(2)19/h5-6,12-13H,8H2,1-4H3,(H,16,18)(H,17,19)/b6-5+/t12-,13-/m0/s1. The third-order valence-electron chi connectivity index (χ3n) is 2.45. The van der Waals surface area contributed by atoms with E-state index >= 15 is 0 Å². The largest absolute Gasteiger partial charge is 0.467 e. The summed E-state index contributed by atoms with van der Waals surface area (Å²) in [6.07, 6.45) is 3.10. The average molecular weight is 324 g/mol. The van der Waals surface area contributed by atoms with Gasteiger partial charge in [-0.2, -0.15) is 0 Å². The van der Waals surface area contributed by atoms with Gasteiger partial charge in [0, 0.05) is 13.8 Å². The lowest BCUT2D eigenvalue weighted by molar-refractivity contribution is -0.144. The number of amides is 2. The number of carbonyl (C=O) groups is 4. The number of rotatable bonds is 6. The Hall–Kier alpha value is -2.82. The molecule has 0 bridgehead atoms. The van der Waals surface area contributed by atoms with Gasteiger partial charge < -0.3 is 20.1 Å². The first-order chi connectivity index (χ1) is 10.8. The Morgan fingerprint density at radius 2 is 1.57 bits per heavy atom. The minimum absolute atomic E-state index is 0.171. The first-order valence-electron chi connectivity index (χ1n) is 6.67. The summed E-state index contributed by atoms with van der Waals surface area (Å²) < 4.78 is 9.08. The number of carbonyl (C=O) groups excluding carboxylic acids is 4. The van der Waals surface area contributed by atoms with Crippen LogP contribution in [0.3, 0.4) is 0 Å². The number of esters is 2. The van der Waals surface area contributed by atoms with Crippen LogP contribution in [-0.4, -0.2) is 50.1 Å². The molecular formula is C15H20N2O6. The van der Waals surface area contributed by atoms with E-state index in [1.54, 1.807) is 0 Å². The molecule has 0 fully saturated rings. The first kappa shape index (κ1) is 20.2. The number of nitrogens with one attached hydrogen (secondary N) is 2. The van der Waals surface area contributed by atoms with Crippen molar-refractivity contribution in [2.45, 2.75) is 32.4 Å². The van der Waals surface area contributed by atoms with E-state index in [1.807, 2.05) is 0 Å². The Labute approximate surface area is 134 Å². The van der Waals surface area contributed by atoms with Crippen LogP contribution in [0.4, 0.5) is 0 Å². The van der Waals surface area contributed by atoms with Gasteiger partial charge in [0.05, 0.1) is 14.2 Å². The summed E-state index contributed by atoms with van der Waals surface area (Å²) in [6.45, 7) is 2.54. The molecule has 0 aliphatic heterocycles. The van der Waals surface area contributed by atoms with E-state index in [1.165, 1.54) is 40.2 Å². The van der Waals surface area contributed by atoms with Gasteiger partial charge in [-0.1, -0.05) is 17.9 Å². The smallest absolute Gasteiger partial charge is 0.341 e. The third-order valence-corrected chi connectivity index (χ3v) is 2.45. The number of allylic oxidation sites excluding steroid dienone is 1. The molecule has 0 saturated carbocycles. The van der Waals surface area contributed by atoms with Crippen molar-refractivity contribution in [1.29, 1.82) is 0 Å². The van der Waals surface area contributed by atoms with Gasteiger partial charge in [-0.15, -0.1) is 0 Å². The number of hydrogen-bond donors (Lipinski definition) is 2. The zero-order chi connectivity index (χ0) is 17.8. The van der Waals surface area contributed by atoms with E-state index in [9.17, 15) is 19.2 Å². The van der Waals surface area contributed by atoms with Crippen molar-refractivity contribution in [1.82, 2.24) is 10.6 Å². The molecule has 0 aromatic heterocycles. The summed E-state index contributed by atoms with van der Waals surface area (Å²) in [4.78, 5) is 44.8. The van der Waals surface area contributed by atoms with E-state index in [0.29, 0.717) is 0 Å². The number of hydrogen-bond acceptors (Lipinski definition) is 6. The maximum Gasteiger partial charge on any atom is 0.341 e. The van der Waals surface area contributed by atoms with Crippen molar-refractivity contribution < 1.29 is 28.7 Å². The fraction of sp³-hybridized carbons (Fsp3) is 0.467. The summed E-state index contributed by atoms with van der Waals surface area (Å²) in [5, 5.41) is 4.77. The molecule has 0 saturated heterocycles. The molecular weight excluding hydrogens is 304 g/mol. The fourth-order valence-corrected chi connectivity index (χ4v) is 1.47. The Balaban J connectivity index is 4.76. The van der Waals surface area contributed by atoms with Crippen LogP contribution in [0.1, 0.15) is 20.3 Å². The average Bonchev–Trinajstić information content (AvgIpc) is 2.49. The van der Waals surface area contributed by atoms with Crippen LogP contribution in [-0.2, 0) is 28.7 Å². The molecule has 0 aliphatic carbocycles. The molecule has 0 aromatic rings. The molecule has 0 spiro atoms. The maximum absolute atomic E-state index is 11.5. The maximum atomic E-state index is 11.5. The Bertz CT molecular complexity index is 544. The highest BCUT2D eigenvalue weighted by molar-refractivity contribution is 5.86. The summed E-state index contributed by atoms with van der Waals surface area (Å²) in [5.74, 6) is 3.02. The van der Waals surface area contributed by atoms with Gasteiger partial charge in [-0.3, -0.25) is 9.59 Å². The summed E-state index contributed by atoms with van der Waals surface area (Å²) >= 11 is 0. The van der Waals surface area contributed by atoms with Gasteiger partial charge in [0.2, 0.25) is 11.8 Å². The molecule has 0 heterocycles. The molecule has 8 heteroatoms. The van der Waals surface area contributed by atoms with Crippen LogP contribution in [0, 0.1) is 11.8 Å². The zero-order valence-corrected chi connectivity index (χ0v) is 13.5. The molecule has 0 unspecified atom stereocenters. The third kappa shape index (κ3) is 8.93. The van der Waals surface area contributed by atoms with Crippen LogP contribution in [0.25, 0.3) is 0 Å². The Morgan fingerprint density at radius 3 is 2.04 bits per heavy atom. The summed E-state index contributed by atoms with van der Waals surface area (Å²) in [7, 11) is 2.40. The quantitative estimate of drug-likeness (QED) is 0.493. The van der Waals surface area contributed by atoms with E-state index in [0.717, 1.165) is 0 Å². The number of methoxy groups -OCH3 is 2. The monoisotopic (exact) mass is 324 g/mol. The van der Waals surface area contributed by atoms with Gasteiger partial charge in [-0.05, 0) is 12.5 Å². The van der Waals surface area contributed by atoms with E-state index in [-0.39, 0.29) is 12.3 Å². The SMILES string of the molecule is COC(=O)[C@H](C#C/C=C/C[C@H](NC(C)=O)C(=O)OC)NC(C)=O. The van der Waals surface area contributed by atoms with Crippen molar-refractivity contribution in [3.05, 3.63) is 12.2 Å². The van der Waals surface area contributed by atoms with Crippen LogP contribution in [0.2, 0.25) is 0 Å². The predicted octanol–water partition coefficient (Wildman–Crippen LogP) is -0.708. The van der Waals surface area contributed by atoms with Crippen LogP contribution < -0.4 is 10.6 Å². The highest BCUT2D eigenvalue weighted by atomic mass is 16.5. The minimum atomic E-state index is -1.08. The highest BCUT2D eigenvalue weighted by Gasteiger charge is 2.18. The molecule has 0 aliphatic rings. The van der Waals surface area contributed by atoms with Gasteiger partial charge in [0.15, 0.2) is 6.04 Å². The topological polar surface area (TPSA) is 111 Å². The lowest BCUT2D eigenvalue weighted by Crippen LogP contribution is -2.39. The number of ether oxygens (including phenoxy) is 2. The molecule has 0 rings (SSSR count). The van der Waals surface area contributed by atoms with Crippen molar-refractivity contribution in [3.8, 4) is 11.8 Å². The Kier molecular flexibility index (Phi) is 9.51. The van der Waals surface area contributed by atoms with E-state index in [2.05, 4.69) is 31.9 Å². The van der Waals surface area contributed by atoms with Crippen molar-refractivity contribution in [3.63, 3.8) is 0 Å². The van der Waals surface area contributed by atoms with Crippen LogP contribution in [0.5, 0.6) is 0 Å². The van der Waals surface area contributed by atoms with E-state index < -0.39 is 29.9 Å². The minimum Gasteiger partial charge on any atom is -0.467 e. The molecule has 2 amide bonds. The lowest BCUT2D eigenvalue weighted by atomic mass is 10.2. The second kappa shape index (κ2) is 10.8. The van der Waals surface area contributed by atoms with Crippen LogP contribution >= 0.6 is 0 Å². The lowest BCUT2D eigenvalue weighted by Gasteiger charge is -2.12. The van der Waals surface area contributed by atoms with Gasteiger partial charge in [0.1, 0.15) is 6.04 Å². The molecule has 2 N–H and O–H groups in total.